The van der Waals surface area contributed by atoms with Gasteiger partial charge in [-0.15, -0.1) is 0 Å². The Hall–Kier alpha value is -0.820. The average Bonchev–Trinajstić information content (AvgIpc) is 3.10. The van der Waals surface area contributed by atoms with Crippen molar-refractivity contribution in [3.05, 3.63) is 47.0 Å². The molecule has 0 saturated heterocycles. The van der Waals surface area contributed by atoms with E-state index in [4.69, 9.17) is 0 Å². The Balaban J connectivity index is 1.85. The standard InChI is InChI=1S/C17H17Br/c18-16(10-11-4-5-11)14-9-8-13-7-6-12-2-1-3-15(14)17(12)13/h1-3,8-9,11,16H,4-7,10H2. The van der Waals surface area contributed by atoms with Crippen LogP contribution >= 0.6 is 15.9 Å². The van der Waals surface area contributed by atoms with Gasteiger partial charge in [0.1, 0.15) is 0 Å². The molecular formula is C17H17Br. The normalized spacial score (nSPS) is 19.4. The third-order valence-electron chi connectivity index (χ3n) is 4.49. The summed E-state index contributed by atoms with van der Waals surface area (Å²) in [6, 6.07) is 11.5. The van der Waals surface area contributed by atoms with E-state index in [0.29, 0.717) is 4.83 Å². The SMILES string of the molecule is BrC(CC1CC1)c1ccc2c3c(cccc13)CC2. The minimum atomic E-state index is 0.537. The molecule has 0 radical (unpaired) electrons. The molecule has 0 aromatic heterocycles. The van der Waals surface area contributed by atoms with Crippen LogP contribution in [-0.4, -0.2) is 0 Å². The van der Waals surface area contributed by atoms with E-state index in [0.717, 1.165) is 5.92 Å². The lowest BCUT2D eigenvalue weighted by Crippen LogP contribution is -1.94. The largest absolute Gasteiger partial charge is 0.0838 e. The van der Waals surface area contributed by atoms with Crippen LogP contribution < -0.4 is 0 Å². The fourth-order valence-corrected chi connectivity index (χ4v) is 4.24. The van der Waals surface area contributed by atoms with Crippen molar-refractivity contribution in [2.45, 2.75) is 36.9 Å². The van der Waals surface area contributed by atoms with Crippen molar-refractivity contribution in [3.63, 3.8) is 0 Å². The first kappa shape index (κ1) is 11.0. The van der Waals surface area contributed by atoms with Crippen LogP contribution in [0.3, 0.4) is 0 Å². The summed E-state index contributed by atoms with van der Waals surface area (Å²) in [7, 11) is 0. The van der Waals surface area contributed by atoms with Crippen LogP contribution in [0.15, 0.2) is 30.3 Å². The summed E-state index contributed by atoms with van der Waals surface area (Å²) >= 11 is 3.92. The summed E-state index contributed by atoms with van der Waals surface area (Å²) in [5.41, 5.74) is 4.61. The number of halogens is 1. The maximum absolute atomic E-state index is 3.92. The van der Waals surface area contributed by atoms with Crippen molar-refractivity contribution in [1.29, 1.82) is 0 Å². The Labute approximate surface area is 117 Å². The number of rotatable bonds is 3. The number of benzene rings is 2. The average molecular weight is 301 g/mol. The van der Waals surface area contributed by atoms with Crippen LogP contribution in [-0.2, 0) is 12.8 Å². The van der Waals surface area contributed by atoms with Gasteiger partial charge >= 0.3 is 0 Å². The number of aryl methyl sites for hydroxylation is 2. The topological polar surface area (TPSA) is 0 Å². The highest BCUT2D eigenvalue weighted by Gasteiger charge is 2.26. The lowest BCUT2D eigenvalue weighted by Gasteiger charge is -2.14. The van der Waals surface area contributed by atoms with Gasteiger partial charge < -0.3 is 0 Å². The Kier molecular flexibility index (Phi) is 2.51. The molecule has 1 unspecified atom stereocenters. The number of hydrogen-bond acceptors (Lipinski definition) is 0. The van der Waals surface area contributed by atoms with Gasteiger partial charge in [-0.3, -0.25) is 0 Å². The van der Waals surface area contributed by atoms with Gasteiger partial charge in [-0.1, -0.05) is 59.1 Å². The van der Waals surface area contributed by atoms with Crippen LogP contribution in [0.4, 0.5) is 0 Å². The molecule has 2 aliphatic carbocycles. The van der Waals surface area contributed by atoms with Crippen molar-refractivity contribution < 1.29 is 0 Å². The molecule has 0 amide bonds. The number of alkyl halides is 1. The van der Waals surface area contributed by atoms with E-state index < -0.39 is 0 Å². The van der Waals surface area contributed by atoms with Crippen molar-refractivity contribution >= 4 is 26.7 Å². The van der Waals surface area contributed by atoms with Crippen molar-refractivity contribution in [3.8, 4) is 0 Å². The molecule has 0 heterocycles. The Morgan fingerprint density at radius 1 is 1.06 bits per heavy atom. The van der Waals surface area contributed by atoms with E-state index in [1.807, 2.05) is 0 Å². The molecule has 0 N–H and O–H groups in total. The Morgan fingerprint density at radius 3 is 2.61 bits per heavy atom. The Bertz CT molecular complexity index is 600. The van der Waals surface area contributed by atoms with Gasteiger partial charge in [0.05, 0.1) is 0 Å². The van der Waals surface area contributed by atoms with Crippen LogP contribution in [0.2, 0.25) is 0 Å². The molecule has 0 aliphatic heterocycles. The molecule has 0 spiro atoms. The smallest absolute Gasteiger partial charge is 0.0404 e. The zero-order valence-corrected chi connectivity index (χ0v) is 12.0. The molecule has 1 heteroatoms. The molecule has 0 bridgehead atoms. The zero-order chi connectivity index (χ0) is 12.1. The van der Waals surface area contributed by atoms with Crippen LogP contribution in [0.25, 0.3) is 10.8 Å². The van der Waals surface area contributed by atoms with Gasteiger partial charge in [0.2, 0.25) is 0 Å². The third kappa shape index (κ3) is 1.72. The summed E-state index contributed by atoms with van der Waals surface area (Å²) in [4.78, 5) is 0.537. The second-order valence-corrected chi connectivity index (χ2v) is 6.91. The highest BCUT2D eigenvalue weighted by molar-refractivity contribution is 9.09. The fraction of sp³-hybridized carbons (Fsp3) is 0.412. The second-order valence-electron chi connectivity index (χ2n) is 5.80. The van der Waals surface area contributed by atoms with Crippen LogP contribution in [0, 0.1) is 5.92 Å². The van der Waals surface area contributed by atoms with Gasteiger partial charge in [-0.25, -0.2) is 0 Å². The predicted molar refractivity (Wildman–Crippen MR) is 80.4 cm³/mol. The monoisotopic (exact) mass is 300 g/mol. The minimum Gasteiger partial charge on any atom is -0.0838 e. The molecule has 2 aliphatic rings. The van der Waals surface area contributed by atoms with Crippen LogP contribution in [0.1, 0.15) is 40.8 Å². The molecule has 2 aromatic rings. The van der Waals surface area contributed by atoms with Gasteiger partial charge in [0.25, 0.3) is 0 Å². The quantitative estimate of drug-likeness (QED) is 0.686. The molecule has 92 valence electrons. The highest BCUT2D eigenvalue weighted by atomic mass is 79.9. The van der Waals surface area contributed by atoms with Crippen molar-refractivity contribution in [1.82, 2.24) is 0 Å². The first-order valence-electron chi connectivity index (χ1n) is 7.00. The Morgan fingerprint density at radius 2 is 1.83 bits per heavy atom. The third-order valence-corrected chi connectivity index (χ3v) is 5.35. The first-order chi connectivity index (χ1) is 8.83. The molecule has 1 atom stereocenters. The van der Waals surface area contributed by atoms with Gasteiger partial charge in [0, 0.05) is 4.83 Å². The van der Waals surface area contributed by atoms with E-state index in [9.17, 15) is 0 Å². The summed E-state index contributed by atoms with van der Waals surface area (Å²) < 4.78 is 0. The van der Waals surface area contributed by atoms with Gasteiger partial charge in [-0.2, -0.15) is 0 Å². The van der Waals surface area contributed by atoms with E-state index in [2.05, 4.69) is 46.3 Å². The van der Waals surface area contributed by atoms with Gasteiger partial charge in [-0.05, 0) is 52.6 Å². The summed E-state index contributed by atoms with van der Waals surface area (Å²) in [6.07, 6.45) is 6.63. The van der Waals surface area contributed by atoms with E-state index in [1.54, 1.807) is 16.5 Å². The lowest BCUT2D eigenvalue weighted by molar-refractivity contribution is 0.724. The molecule has 1 saturated carbocycles. The van der Waals surface area contributed by atoms with E-state index in [-0.39, 0.29) is 0 Å². The molecular weight excluding hydrogens is 284 g/mol. The van der Waals surface area contributed by atoms with Crippen molar-refractivity contribution in [2.75, 3.05) is 0 Å². The summed E-state index contributed by atoms with van der Waals surface area (Å²) in [6.45, 7) is 0. The molecule has 0 nitrogen and oxygen atoms in total. The highest BCUT2D eigenvalue weighted by Crippen LogP contribution is 2.44. The molecule has 4 rings (SSSR count). The maximum atomic E-state index is 3.92. The van der Waals surface area contributed by atoms with E-state index >= 15 is 0 Å². The molecule has 2 aromatic carbocycles. The summed E-state index contributed by atoms with van der Waals surface area (Å²) in [5.74, 6) is 0.970. The lowest BCUT2D eigenvalue weighted by atomic mass is 9.96. The zero-order valence-electron chi connectivity index (χ0n) is 10.5. The molecule has 1 fully saturated rings. The molecule has 18 heavy (non-hydrogen) atoms. The summed E-state index contributed by atoms with van der Waals surface area (Å²) in [5, 5.41) is 3.04. The second kappa shape index (κ2) is 4.09. The van der Waals surface area contributed by atoms with E-state index in [1.165, 1.54) is 43.1 Å². The predicted octanol–water partition coefficient (Wildman–Crippen LogP) is 5.17. The fourth-order valence-electron chi connectivity index (χ4n) is 3.32. The maximum Gasteiger partial charge on any atom is 0.0404 e. The minimum absolute atomic E-state index is 0.537. The number of hydrogen-bond donors (Lipinski definition) is 0. The van der Waals surface area contributed by atoms with Gasteiger partial charge in [0.15, 0.2) is 0 Å². The van der Waals surface area contributed by atoms with Crippen LogP contribution in [0.5, 0.6) is 0 Å². The van der Waals surface area contributed by atoms with Crippen molar-refractivity contribution in [2.24, 2.45) is 5.92 Å². The first-order valence-corrected chi connectivity index (χ1v) is 7.92.